The predicted octanol–water partition coefficient (Wildman–Crippen LogP) is 2.72. The zero-order valence-corrected chi connectivity index (χ0v) is 12.2. The molecule has 1 fully saturated rings. The molecule has 3 aliphatic carbocycles. The van der Waals surface area contributed by atoms with E-state index < -0.39 is 23.5 Å². The van der Waals surface area contributed by atoms with Crippen LogP contribution in [0.2, 0.25) is 0 Å². The first kappa shape index (κ1) is 14.6. The Bertz CT molecular complexity index is 598. The van der Waals surface area contributed by atoms with Crippen molar-refractivity contribution in [2.24, 2.45) is 11.8 Å². The average molecular weight is 301 g/mol. The molecular formula is C17H19NO4. The van der Waals surface area contributed by atoms with Gasteiger partial charge in [-0.3, -0.25) is 4.79 Å². The van der Waals surface area contributed by atoms with E-state index in [-0.39, 0.29) is 6.61 Å². The van der Waals surface area contributed by atoms with Gasteiger partial charge < -0.3 is 15.2 Å². The zero-order chi connectivity index (χ0) is 15.6. The summed E-state index contributed by atoms with van der Waals surface area (Å²) >= 11 is 0. The third kappa shape index (κ3) is 2.84. The van der Waals surface area contributed by atoms with E-state index in [1.165, 1.54) is 0 Å². The maximum absolute atomic E-state index is 12.1. The Morgan fingerprint density at radius 2 is 2.09 bits per heavy atom. The number of hydrogen-bond acceptors (Lipinski definition) is 3. The van der Waals surface area contributed by atoms with Crippen LogP contribution in [0.1, 0.15) is 24.8 Å². The second kappa shape index (κ2) is 5.83. The molecule has 5 heteroatoms. The number of amides is 1. The summed E-state index contributed by atoms with van der Waals surface area (Å²) in [4.78, 5) is 23.6. The number of carboxylic acid groups (broad SMARTS) is 1. The van der Waals surface area contributed by atoms with Gasteiger partial charge in [-0.1, -0.05) is 42.5 Å². The molecule has 1 aromatic carbocycles. The van der Waals surface area contributed by atoms with Crippen molar-refractivity contribution in [3.8, 4) is 0 Å². The van der Waals surface area contributed by atoms with Gasteiger partial charge in [0.05, 0.1) is 11.5 Å². The molecule has 5 nitrogen and oxygen atoms in total. The Hall–Kier alpha value is -2.30. The third-order valence-corrected chi connectivity index (χ3v) is 4.60. The molecular weight excluding hydrogens is 282 g/mol. The van der Waals surface area contributed by atoms with Crippen LogP contribution in [0.4, 0.5) is 4.79 Å². The molecule has 3 aliphatic rings. The first-order chi connectivity index (χ1) is 10.6. The molecule has 0 aromatic heterocycles. The zero-order valence-electron chi connectivity index (χ0n) is 12.2. The van der Waals surface area contributed by atoms with Crippen LogP contribution in [0.25, 0.3) is 0 Å². The maximum Gasteiger partial charge on any atom is 0.408 e. The summed E-state index contributed by atoms with van der Waals surface area (Å²) in [6.07, 6.45) is 5.41. The van der Waals surface area contributed by atoms with Gasteiger partial charge in [0.1, 0.15) is 6.61 Å². The monoisotopic (exact) mass is 301 g/mol. The number of rotatable bonds is 4. The molecule has 4 rings (SSSR count). The molecule has 116 valence electrons. The van der Waals surface area contributed by atoms with E-state index >= 15 is 0 Å². The lowest BCUT2D eigenvalue weighted by Gasteiger charge is -2.46. The Morgan fingerprint density at radius 1 is 1.32 bits per heavy atom. The van der Waals surface area contributed by atoms with Gasteiger partial charge in [-0.15, -0.1) is 0 Å². The van der Waals surface area contributed by atoms with Crippen LogP contribution in [0.15, 0.2) is 42.5 Å². The molecule has 3 atom stereocenters. The molecule has 2 bridgehead atoms. The maximum atomic E-state index is 12.1. The van der Waals surface area contributed by atoms with Crippen LogP contribution in [0, 0.1) is 11.8 Å². The molecule has 0 heterocycles. The molecule has 1 aromatic rings. The summed E-state index contributed by atoms with van der Waals surface area (Å²) in [6.45, 7) is 0.173. The van der Waals surface area contributed by atoms with Gasteiger partial charge in [0, 0.05) is 0 Å². The van der Waals surface area contributed by atoms with Crippen molar-refractivity contribution >= 4 is 12.1 Å². The van der Waals surface area contributed by atoms with E-state index in [2.05, 4.69) is 5.32 Å². The van der Waals surface area contributed by atoms with Gasteiger partial charge in [0.25, 0.3) is 0 Å². The lowest BCUT2D eigenvalue weighted by Crippen LogP contribution is -2.59. The normalized spacial score (nSPS) is 29.1. The van der Waals surface area contributed by atoms with Crippen molar-refractivity contribution in [3.63, 3.8) is 0 Å². The van der Waals surface area contributed by atoms with E-state index in [0.29, 0.717) is 18.8 Å². The lowest BCUT2D eigenvalue weighted by atomic mass is 9.64. The van der Waals surface area contributed by atoms with E-state index in [4.69, 9.17) is 4.74 Å². The fourth-order valence-corrected chi connectivity index (χ4v) is 3.37. The van der Waals surface area contributed by atoms with Gasteiger partial charge in [0.15, 0.2) is 0 Å². The summed E-state index contributed by atoms with van der Waals surface area (Å²) in [6, 6.07) is 9.39. The number of aliphatic carboxylic acids is 1. The van der Waals surface area contributed by atoms with E-state index in [1.807, 2.05) is 42.5 Å². The molecule has 1 amide bonds. The fraction of sp³-hybridized carbons (Fsp3) is 0.412. The number of ether oxygens (including phenoxy) is 1. The summed E-state index contributed by atoms with van der Waals surface area (Å²) in [5.74, 6) is -1.14. The molecule has 2 N–H and O–H groups in total. The highest BCUT2D eigenvalue weighted by molar-refractivity contribution is 5.76. The number of fused-ring (bicyclic) bond motifs is 2. The minimum atomic E-state index is -0.864. The number of carbonyl (C=O) groups excluding carboxylic acids is 1. The number of hydrogen-bond donors (Lipinski definition) is 2. The van der Waals surface area contributed by atoms with Crippen molar-refractivity contribution in [3.05, 3.63) is 48.0 Å². The molecule has 0 radical (unpaired) electrons. The predicted molar refractivity (Wildman–Crippen MR) is 80.1 cm³/mol. The second-order valence-electron chi connectivity index (χ2n) is 6.01. The Kier molecular flexibility index (Phi) is 3.88. The number of nitrogens with one attached hydrogen (secondary N) is 1. The van der Waals surface area contributed by atoms with Crippen molar-refractivity contribution in [2.45, 2.75) is 31.4 Å². The standard InChI is InChI=1S/C17H19NO4/c19-15(20)14-10-12-6-8-17(14,9-7-12)18-16(21)22-11-13-4-2-1-3-5-13/h1-6,8,12,14H,7,9-11H2,(H,18,21)(H,19,20). The smallest absolute Gasteiger partial charge is 0.408 e. The van der Waals surface area contributed by atoms with Crippen LogP contribution in [-0.4, -0.2) is 22.7 Å². The van der Waals surface area contributed by atoms with Crippen LogP contribution in [0.5, 0.6) is 0 Å². The Labute approximate surface area is 129 Å². The second-order valence-corrected chi connectivity index (χ2v) is 6.01. The first-order valence-electron chi connectivity index (χ1n) is 7.50. The van der Waals surface area contributed by atoms with E-state index in [9.17, 15) is 14.7 Å². The highest BCUT2D eigenvalue weighted by Crippen LogP contribution is 2.43. The number of carboxylic acids is 1. The fourth-order valence-electron chi connectivity index (χ4n) is 3.37. The molecule has 0 saturated heterocycles. The van der Waals surface area contributed by atoms with E-state index in [1.54, 1.807) is 0 Å². The van der Waals surface area contributed by atoms with Crippen molar-refractivity contribution in [1.29, 1.82) is 0 Å². The average Bonchev–Trinajstić information content (AvgIpc) is 2.54. The number of alkyl carbamates (subject to hydrolysis) is 1. The summed E-state index contributed by atoms with van der Waals surface area (Å²) in [5.41, 5.74) is 0.0850. The van der Waals surface area contributed by atoms with Crippen molar-refractivity contribution in [1.82, 2.24) is 5.32 Å². The van der Waals surface area contributed by atoms with Crippen LogP contribution >= 0.6 is 0 Å². The third-order valence-electron chi connectivity index (χ3n) is 4.60. The quantitative estimate of drug-likeness (QED) is 0.838. The van der Waals surface area contributed by atoms with E-state index in [0.717, 1.165) is 12.0 Å². The van der Waals surface area contributed by atoms with Gasteiger partial charge in [-0.25, -0.2) is 4.79 Å². The topological polar surface area (TPSA) is 75.6 Å². The Balaban J connectivity index is 1.65. The minimum absolute atomic E-state index is 0.173. The van der Waals surface area contributed by atoms with Crippen molar-refractivity contribution < 1.29 is 19.4 Å². The summed E-state index contributed by atoms with van der Waals surface area (Å²) in [7, 11) is 0. The largest absolute Gasteiger partial charge is 0.481 e. The number of benzene rings is 1. The SMILES string of the molecule is O=C(NC12C=CC(CC1)CC2C(=O)O)OCc1ccccc1. The molecule has 22 heavy (non-hydrogen) atoms. The van der Waals surface area contributed by atoms with Gasteiger partial charge in [0.2, 0.25) is 0 Å². The summed E-state index contributed by atoms with van der Waals surface area (Å²) < 4.78 is 5.23. The molecule has 3 unspecified atom stereocenters. The number of carbonyl (C=O) groups is 2. The molecule has 1 saturated carbocycles. The van der Waals surface area contributed by atoms with Crippen molar-refractivity contribution in [2.75, 3.05) is 0 Å². The molecule has 0 spiro atoms. The highest BCUT2D eigenvalue weighted by Gasteiger charge is 2.49. The lowest BCUT2D eigenvalue weighted by molar-refractivity contribution is -0.146. The Morgan fingerprint density at radius 3 is 2.73 bits per heavy atom. The minimum Gasteiger partial charge on any atom is -0.481 e. The highest BCUT2D eigenvalue weighted by atomic mass is 16.5. The van der Waals surface area contributed by atoms with Gasteiger partial charge in [-0.05, 0) is 30.7 Å². The van der Waals surface area contributed by atoms with Gasteiger partial charge >= 0.3 is 12.1 Å². The number of allylic oxidation sites excluding steroid dienone is 1. The van der Waals surface area contributed by atoms with Crippen LogP contribution in [0.3, 0.4) is 0 Å². The van der Waals surface area contributed by atoms with Gasteiger partial charge in [-0.2, -0.15) is 0 Å². The first-order valence-corrected chi connectivity index (χ1v) is 7.50. The summed E-state index contributed by atoms with van der Waals surface area (Å²) in [5, 5.41) is 12.2. The van der Waals surface area contributed by atoms with Crippen LogP contribution in [-0.2, 0) is 16.1 Å². The van der Waals surface area contributed by atoms with Crippen LogP contribution < -0.4 is 5.32 Å². The molecule has 0 aliphatic heterocycles.